The van der Waals surface area contributed by atoms with Crippen LogP contribution < -0.4 is 5.32 Å². The average molecular weight is 307 g/mol. The van der Waals surface area contributed by atoms with Gasteiger partial charge in [0.05, 0.1) is 9.79 Å². The Morgan fingerprint density at radius 2 is 1.47 bits per heavy atom. The van der Waals surface area contributed by atoms with Crippen LogP contribution in [0, 0.1) is 0 Å². The molecule has 1 rings (SSSR count). The van der Waals surface area contributed by atoms with Gasteiger partial charge >= 0.3 is 0 Å². The molecule has 0 aliphatic heterocycles. The van der Waals surface area contributed by atoms with Crippen LogP contribution in [-0.2, 0) is 25.0 Å². The molecule has 0 atom stereocenters. The van der Waals surface area contributed by atoms with Crippen LogP contribution in [0.3, 0.4) is 0 Å². The zero-order chi connectivity index (χ0) is 14.8. The van der Waals surface area contributed by atoms with Gasteiger partial charge in [0, 0.05) is 5.69 Å². The van der Waals surface area contributed by atoms with Crippen LogP contribution in [-0.4, -0.2) is 31.8 Å². The molecule has 0 aromatic heterocycles. The minimum absolute atomic E-state index is 0.243. The Hall–Kier alpha value is -1.75. The minimum Gasteiger partial charge on any atom is -0.322 e. The normalized spacial score (nSPS) is 11.9. The lowest BCUT2D eigenvalue weighted by Crippen LogP contribution is -2.10. The van der Waals surface area contributed by atoms with Crippen molar-refractivity contribution in [2.75, 3.05) is 5.32 Å². The van der Waals surface area contributed by atoms with Crippen molar-refractivity contribution >= 4 is 31.8 Å². The van der Waals surface area contributed by atoms with Gasteiger partial charge in [-0.15, -0.1) is 0 Å². The summed E-state index contributed by atoms with van der Waals surface area (Å²) >= 11 is 0. The second-order valence-electron chi connectivity index (χ2n) is 3.34. The molecule has 0 saturated carbocycles. The fourth-order valence-corrected chi connectivity index (χ4v) is 2.31. The highest BCUT2D eigenvalue weighted by Crippen LogP contribution is 2.22. The number of carbonyl (C=O) groups is 1. The molecule has 1 aromatic carbocycles. The summed E-state index contributed by atoms with van der Waals surface area (Å²) in [6, 6.07) is 2.20. The molecule has 0 fully saturated rings. The standard InChI is InChI=1S/C9H9NO7S2/c1-2-9(11)10-6-3-7(18(12,13)14)5-8(4-6)19(15,16)17/h2-5H,1H2,(H,10,11)(H,12,13,14)(H,15,16,17). The predicted molar refractivity (Wildman–Crippen MR) is 64.9 cm³/mol. The largest absolute Gasteiger partial charge is 0.322 e. The molecule has 0 unspecified atom stereocenters. The molecule has 0 spiro atoms. The Labute approximate surface area is 109 Å². The highest BCUT2D eigenvalue weighted by Gasteiger charge is 2.18. The van der Waals surface area contributed by atoms with Gasteiger partial charge in [-0.05, 0) is 24.3 Å². The van der Waals surface area contributed by atoms with Gasteiger partial charge in [-0.25, -0.2) is 0 Å². The summed E-state index contributed by atoms with van der Waals surface area (Å²) < 4.78 is 61.6. The molecule has 0 aliphatic carbocycles. The Balaban J connectivity index is 3.50. The van der Waals surface area contributed by atoms with Crippen LogP contribution in [0.1, 0.15) is 0 Å². The van der Waals surface area contributed by atoms with E-state index in [1.807, 2.05) is 0 Å². The van der Waals surface area contributed by atoms with Crippen molar-refractivity contribution in [1.29, 1.82) is 0 Å². The molecule has 0 saturated heterocycles. The monoisotopic (exact) mass is 307 g/mol. The number of nitrogens with one attached hydrogen (secondary N) is 1. The van der Waals surface area contributed by atoms with Gasteiger partial charge in [0.2, 0.25) is 5.91 Å². The molecule has 8 nitrogen and oxygen atoms in total. The topological polar surface area (TPSA) is 138 Å². The first kappa shape index (κ1) is 15.3. The lowest BCUT2D eigenvalue weighted by atomic mass is 10.3. The number of benzene rings is 1. The summed E-state index contributed by atoms with van der Waals surface area (Å²) in [7, 11) is -9.41. The van der Waals surface area contributed by atoms with Crippen LogP contribution >= 0.6 is 0 Å². The van der Waals surface area contributed by atoms with Crippen LogP contribution in [0.5, 0.6) is 0 Å². The Bertz CT molecular complexity index is 684. The van der Waals surface area contributed by atoms with Crippen molar-refractivity contribution < 1.29 is 30.7 Å². The molecule has 10 heteroatoms. The van der Waals surface area contributed by atoms with E-state index in [-0.39, 0.29) is 5.69 Å². The van der Waals surface area contributed by atoms with Crippen LogP contribution in [0.15, 0.2) is 40.6 Å². The Kier molecular flexibility index (Phi) is 4.10. The number of rotatable bonds is 4. The van der Waals surface area contributed by atoms with Crippen molar-refractivity contribution in [3.05, 3.63) is 30.9 Å². The molecule has 1 aromatic rings. The highest BCUT2D eigenvalue weighted by molar-refractivity contribution is 7.86. The SMILES string of the molecule is C=CC(=O)Nc1cc(S(=O)(=O)O)cc(S(=O)(=O)O)c1. The van der Waals surface area contributed by atoms with Crippen molar-refractivity contribution in [3.8, 4) is 0 Å². The first-order chi connectivity index (χ1) is 8.54. The number of anilines is 1. The van der Waals surface area contributed by atoms with E-state index in [9.17, 15) is 21.6 Å². The molecule has 0 bridgehead atoms. The van der Waals surface area contributed by atoms with Crippen LogP contribution in [0.25, 0.3) is 0 Å². The summed E-state index contributed by atoms with van der Waals surface area (Å²) in [5.74, 6) is -0.728. The van der Waals surface area contributed by atoms with E-state index in [1.165, 1.54) is 0 Å². The minimum atomic E-state index is -4.70. The highest BCUT2D eigenvalue weighted by atomic mass is 32.2. The van der Waals surface area contributed by atoms with Crippen molar-refractivity contribution in [2.24, 2.45) is 0 Å². The molecular formula is C9H9NO7S2. The first-order valence-corrected chi connectivity index (χ1v) is 7.45. The fraction of sp³-hybridized carbons (Fsp3) is 0. The predicted octanol–water partition coefficient (Wildman–Crippen LogP) is 0.305. The summed E-state index contributed by atoms with van der Waals surface area (Å²) in [5.41, 5.74) is -0.243. The average Bonchev–Trinajstić information content (AvgIpc) is 2.26. The van der Waals surface area contributed by atoms with Gasteiger partial charge in [-0.3, -0.25) is 13.9 Å². The van der Waals surface area contributed by atoms with E-state index in [4.69, 9.17) is 9.11 Å². The third kappa shape index (κ3) is 4.13. The molecule has 0 heterocycles. The second-order valence-corrected chi connectivity index (χ2v) is 6.18. The second kappa shape index (κ2) is 5.09. The van der Waals surface area contributed by atoms with Crippen LogP contribution in [0.2, 0.25) is 0 Å². The van der Waals surface area contributed by atoms with Crippen molar-refractivity contribution in [2.45, 2.75) is 9.79 Å². The third-order valence-corrected chi connectivity index (χ3v) is 3.59. The van der Waals surface area contributed by atoms with Gasteiger partial charge in [-0.1, -0.05) is 6.58 Å². The molecule has 3 N–H and O–H groups in total. The molecule has 0 aliphatic rings. The fourth-order valence-electron chi connectivity index (χ4n) is 1.14. The van der Waals surface area contributed by atoms with Gasteiger partial charge in [0.1, 0.15) is 0 Å². The summed E-state index contributed by atoms with van der Waals surface area (Å²) in [5, 5.41) is 2.11. The molecular weight excluding hydrogens is 298 g/mol. The van der Waals surface area contributed by atoms with E-state index in [2.05, 4.69) is 11.9 Å². The number of hydrogen-bond acceptors (Lipinski definition) is 5. The van der Waals surface area contributed by atoms with E-state index in [0.717, 1.165) is 18.2 Å². The number of carbonyl (C=O) groups excluding carboxylic acids is 1. The van der Waals surface area contributed by atoms with E-state index in [1.54, 1.807) is 0 Å². The maximum absolute atomic E-state index is 11.1. The maximum atomic E-state index is 11.1. The molecule has 0 radical (unpaired) electrons. The lowest BCUT2D eigenvalue weighted by molar-refractivity contribution is -0.111. The molecule has 1 amide bonds. The zero-order valence-corrected chi connectivity index (χ0v) is 10.9. The van der Waals surface area contributed by atoms with Gasteiger partial charge in [-0.2, -0.15) is 16.8 Å². The Morgan fingerprint density at radius 3 is 1.79 bits per heavy atom. The van der Waals surface area contributed by atoms with Crippen molar-refractivity contribution in [1.82, 2.24) is 0 Å². The van der Waals surface area contributed by atoms with E-state index >= 15 is 0 Å². The number of amides is 1. The van der Waals surface area contributed by atoms with Crippen LogP contribution in [0.4, 0.5) is 5.69 Å². The third-order valence-electron chi connectivity index (χ3n) is 1.93. The van der Waals surface area contributed by atoms with Crippen molar-refractivity contribution in [3.63, 3.8) is 0 Å². The van der Waals surface area contributed by atoms with Gasteiger partial charge < -0.3 is 5.32 Å². The quantitative estimate of drug-likeness (QED) is 0.537. The first-order valence-electron chi connectivity index (χ1n) is 4.57. The Morgan fingerprint density at radius 1 is 1.05 bits per heavy atom. The molecule has 19 heavy (non-hydrogen) atoms. The molecule has 104 valence electrons. The lowest BCUT2D eigenvalue weighted by Gasteiger charge is -2.07. The summed E-state index contributed by atoms with van der Waals surface area (Å²) in [4.78, 5) is 9.47. The van der Waals surface area contributed by atoms with Gasteiger partial charge in [0.25, 0.3) is 20.2 Å². The van der Waals surface area contributed by atoms with E-state index in [0.29, 0.717) is 6.07 Å². The smallest absolute Gasteiger partial charge is 0.294 e. The number of hydrogen-bond donors (Lipinski definition) is 3. The maximum Gasteiger partial charge on any atom is 0.294 e. The summed E-state index contributed by atoms with van der Waals surface area (Å²) in [6.45, 7) is 3.15. The summed E-state index contributed by atoms with van der Waals surface area (Å²) in [6.07, 6.45) is 0.868. The zero-order valence-electron chi connectivity index (χ0n) is 9.27. The van der Waals surface area contributed by atoms with E-state index < -0.39 is 35.9 Å². The van der Waals surface area contributed by atoms with Gasteiger partial charge in [0.15, 0.2) is 0 Å².